The molecule has 0 aromatic heterocycles. The first kappa shape index (κ1) is 11.4. The van der Waals surface area contributed by atoms with E-state index in [1.807, 2.05) is 13.8 Å². The lowest BCUT2D eigenvalue weighted by atomic mass is 9.99. The molecule has 1 nitrogen and oxygen atoms in total. The van der Waals surface area contributed by atoms with Gasteiger partial charge in [0.2, 0.25) is 0 Å². The zero-order valence-corrected chi connectivity index (χ0v) is 10.6. The fraction of sp³-hybridized carbons (Fsp3) is 0.417. The smallest absolute Gasteiger partial charge is 0.0433 e. The highest BCUT2D eigenvalue weighted by Gasteiger charge is 2.11. The Balaban J connectivity index is 0.000000461. The minimum atomic E-state index is 0.932. The standard InChI is InChI=1S/C10H10BrN.C2H6/c1-7-8-3-2-4-10(11)9(8)5-6-12-7;1-2/h2-4H,5-6H2,1H3;1-2H3. The first-order valence-corrected chi connectivity index (χ1v) is 5.87. The average Bonchev–Trinajstić information content (AvgIpc) is 2.23. The van der Waals surface area contributed by atoms with Crippen LogP contribution in [0.1, 0.15) is 31.9 Å². The Morgan fingerprint density at radius 2 is 2.00 bits per heavy atom. The summed E-state index contributed by atoms with van der Waals surface area (Å²) in [6.45, 7) is 7.01. The van der Waals surface area contributed by atoms with Crippen LogP contribution in [0.4, 0.5) is 0 Å². The summed E-state index contributed by atoms with van der Waals surface area (Å²) in [5.41, 5.74) is 3.87. The van der Waals surface area contributed by atoms with Gasteiger partial charge in [-0.3, -0.25) is 4.99 Å². The third-order valence-electron chi connectivity index (χ3n) is 2.22. The summed E-state index contributed by atoms with van der Waals surface area (Å²) >= 11 is 3.55. The number of benzene rings is 1. The highest BCUT2D eigenvalue weighted by molar-refractivity contribution is 9.10. The molecule has 14 heavy (non-hydrogen) atoms. The minimum absolute atomic E-state index is 0.932. The fourth-order valence-corrected chi connectivity index (χ4v) is 2.14. The largest absolute Gasteiger partial charge is 0.289 e. The number of hydrogen-bond acceptors (Lipinski definition) is 1. The van der Waals surface area contributed by atoms with Crippen molar-refractivity contribution in [1.82, 2.24) is 0 Å². The molecule has 0 amide bonds. The SMILES string of the molecule is CC.CC1=NCCc2c(Br)cccc21. The van der Waals surface area contributed by atoms with E-state index in [2.05, 4.69) is 46.0 Å². The normalized spacial score (nSPS) is 13.6. The zero-order chi connectivity index (χ0) is 10.6. The third kappa shape index (κ3) is 2.24. The van der Waals surface area contributed by atoms with Gasteiger partial charge in [-0.1, -0.05) is 41.9 Å². The maximum atomic E-state index is 4.41. The molecule has 0 aliphatic carbocycles. The van der Waals surface area contributed by atoms with Crippen molar-refractivity contribution in [3.8, 4) is 0 Å². The summed E-state index contributed by atoms with van der Waals surface area (Å²) in [4.78, 5) is 4.41. The van der Waals surface area contributed by atoms with E-state index in [1.54, 1.807) is 0 Å². The Kier molecular flexibility index (Phi) is 4.33. The molecule has 76 valence electrons. The summed E-state index contributed by atoms with van der Waals surface area (Å²) in [7, 11) is 0. The van der Waals surface area contributed by atoms with Crippen molar-refractivity contribution in [2.24, 2.45) is 4.99 Å². The van der Waals surface area contributed by atoms with Crippen LogP contribution in [0.15, 0.2) is 27.7 Å². The number of hydrogen-bond donors (Lipinski definition) is 0. The Bertz CT molecular complexity index is 342. The van der Waals surface area contributed by atoms with E-state index in [-0.39, 0.29) is 0 Å². The van der Waals surface area contributed by atoms with E-state index in [4.69, 9.17) is 0 Å². The van der Waals surface area contributed by atoms with E-state index in [9.17, 15) is 0 Å². The van der Waals surface area contributed by atoms with Crippen LogP contribution >= 0.6 is 15.9 Å². The summed E-state index contributed by atoms with van der Waals surface area (Å²) < 4.78 is 1.22. The molecule has 1 aromatic rings. The van der Waals surface area contributed by atoms with Crippen molar-refractivity contribution < 1.29 is 0 Å². The van der Waals surface area contributed by atoms with Crippen LogP contribution in [0.3, 0.4) is 0 Å². The quantitative estimate of drug-likeness (QED) is 0.667. The van der Waals surface area contributed by atoms with Gasteiger partial charge in [0.05, 0.1) is 0 Å². The minimum Gasteiger partial charge on any atom is -0.289 e. The number of nitrogens with zero attached hydrogens (tertiary/aromatic N) is 1. The zero-order valence-electron chi connectivity index (χ0n) is 8.97. The molecule has 2 heteroatoms. The van der Waals surface area contributed by atoms with Gasteiger partial charge in [-0.25, -0.2) is 0 Å². The number of aliphatic imine (C=N–C) groups is 1. The molecular formula is C12H16BrN. The van der Waals surface area contributed by atoms with Crippen molar-refractivity contribution >= 4 is 21.6 Å². The highest BCUT2D eigenvalue weighted by atomic mass is 79.9. The van der Waals surface area contributed by atoms with E-state index in [1.165, 1.54) is 15.6 Å². The molecule has 0 unspecified atom stereocenters. The maximum Gasteiger partial charge on any atom is 0.0433 e. The van der Waals surface area contributed by atoms with E-state index in [0.717, 1.165) is 18.7 Å². The lowest BCUT2D eigenvalue weighted by Crippen LogP contribution is -2.09. The number of fused-ring (bicyclic) bond motifs is 1. The van der Waals surface area contributed by atoms with Crippen LogP contribution < -0.4 is 0 Å². The van der Waals surface area contributed by atoms with Crippen molar-refractivity contribution in [1.29, 1.82) is 0 Å². The monoisotopic (exact) mass is 253 g/mol. The summed E-state index contributed by atoms with van der Waals surface area (Å²) in [5, 5.41) is 0. The third-order valence-corrected chi connectivity index (χ3v) is 2.96. The van der Waals surface area contributed by atoms with Crippen molar-refractivity contribution in [3.63, 3.8) is 0 Å². The lowest BCUT2D eigenvalue weighted by Gasteiger charge is -2.15. The predicted octanol–water partition coefficient (Wildman–Crippen LogP) is 3.84. The molecule has 0 N–H and O–H groups in total. The van der Waals surface area contributed by atoms with Gasteiger partial charge in [-0.15, -0.1) is 0 Å². The first-order valence-electron chi connectivity index (χ1n) is 5.08. The molecule has 2 rings (SSSR count). The lowest BCUT2D eigenvalue weighted by molar-refractivity contribution is 0.936. The number of halogens is 1. The maximum absolute atomic E-state index is 4.41. The molecule has 1 heterocycles. The molecule has 0 spiro atoms. The van der Waals surface area contributed by atoms with Crippen LogP contribution in [0.5, 0.6) is 0 Å². The predicted molar refractivity (Wildman–Crippen MR) is 66.3 cm³/mol. The Hall–Kier alpha value is -0.630. The highest BCUT2D eigenvalue weighted by Crippen LogP contribution is 2.24. The Labute approximate surface area is 94.4 Å². The second kappa shape index (κ2) is 5.30. The molecule has 1 aliphatic rings. The van der Waals surface area contributed by atoms with Crippen LogP contribution in [0.25, 0.3) is 0 Å². The number of rotatable bonds is 0. The van der Waals surface area contributed by atoms with E-state index in [0.29, 0.717) is 0 Å². The van der Waals surface area contributed by atoms with E-state index >= 15 is 0 Å². The molecule has 1 aliphatic heterocycles. The second-order valence-electron chi connectivity index (χ2n) is 2.98. The van der Waals surface area contributed by atoms with Crippen molar-refractivity contribution in [2.75, 3.05) is 6.54 Å². The van der Waals surface area contributed by atoms with Gasteiger partial charge in [0.15, 0.2) is 0 Å². The molecule has 1 aromatic carbocycles. The van der Waals surface area contributed by atoms with Gasteiger partial charge in [-0.05, 0) is 30.5 Å². The van der Waals surface area contributed by atoms with Gasteiger partial charge in [-0.2, -0.15) is 0 Å². The van der Waals surface area contributed by atoms with Gasteiger partial charge < -0.3 is 0 Å². The van der Waals surface area contributed by atoms with E-state index < -0.39 is 0 Å². The van der Waals surface area contributed by atoms with Gasteiger partial charge in [0.25, 0.3) is 0 Å². The summed E-state index contributed by atoms with van der Waals surface area (Å²) in [6, 6.07) is 6.29. The second-order valence-corrected chi connectivity index (χ2v) is 3.84. The topological polar surface area (TPSA) is 12.4 Å². The van der Waals surface area contributed by atoms with Gasteiger partial charge >= 0.3 is 0 Å². The Morgan fingerprint density at radius 3 is 2.64 bits per heavy atom. The molecular weight excluding hydrogens is 238 g/mol. The summed E-state index contributed by atoms with van der Waals surface area (Å²) in [5.74, 6) is 0. The van der Waals surface area contributed by atoms with Crippen LogP contribution in [0.2, 0.25) is 0 Å². The fourth-order valence-electron chi connectivity index (χ4n) is 1.57. The molecule has 0 fully saturated rings. The van der Waals surface area contributed by atoms with Crippen LogP contribution in [-0.4, -0.2) is 12.3 Å². The summed E-state index contributed by atoms with van der Waals surface area (Å²) in [6.07, 6.45) is 1.06. The average molecular weight is 254 g/mol. The first-order chi connectivity index (χ1) is 6.79. The molecule has 0 saturated heterocycles. The molecule has 0 atom stereocenters. The molecule has 0 saturated carbocycles. The van der Waals surface area contributed by atoms with Gasteiger partial charge in [0.1, 0.15) is 0 Å². The van der Waals surface area contributed by atoms with Crippen molar-refractivity contribution in [2.45, 2.75) is 27.2 Å². The van der Waals surface area contributed by atoms with Crippen LogP contribution in [0, 0.1) is 0 Å². The Morgan fingerprint density at radius 1 is 1.29 bits per heavy atom. The van der Waals surface area contributed by atoms with Crippen LogP contribution in [-0.2, 0) is 6.42 Å². The molecule has 0 radical (unpaired) electrons. The molecule has 0 bridgehead atoms. The van der Waals surface area contributed by atoms with Gasteiger partial charge in [0, 0.05) is 16.7 Å². The van der Waals surface area contributed by atoms with Crippen molar-refractivity contribution in [3.05, 3.63) is 33.8 Å².